The molecule has 0 unspecified atom stereocenters. The number of carbonyl (C=O) groups excluding carboxylic acids is 2. The van der Waals surface area contributed by atoms with E-state index in [4.69, 9.17) is 21.1 Å². The van der Waals surface area contributed by atoms with Crippen molar-refractivity contribution in [3.63, 3.8) is 0 Å². The van der Waals surface area contributed by atoms with E-state index in [9.17, 15) is 9.59 Å². The van der Waals surface area contributed by atoms with E-state index in [0.717, 1.165) is 28.5 Å². The zero-order valence-corrected chi connectivity index (χ0v) is 20.6. The first-order valence-electron chi connectivity index (χ1n) is 11.1. The van der Waals surface area contributed by atoms with Gasteiger partial charge in [-0.2, -0.15) is 5.10 Å². The number of ether oxygens (including phenoxy) is 2. The van der Waals surface area contributed by atoms with Crippen LogP contribution in [-0.4, -0.2) is 24.7 Å². The molecule has 0 saturated heterocycles. The van der Waals surface area contributed by atoms with E-state index in [2.05, 4.69) is 17.5 Å². The minimum atomic E-state index is -0.509. The number of esters is 1. The van der Waals surface area contributed by atoms with Gasteiger partial charge in [-0.25, -0.2) is 10.2 Å². The van der Waals surface area contributed by atoms with Gasteiger partial charge in [-0.1, -0.05) is 55.3 Å². The molecule has 1 aromatic heterocycles. The number of hydrogen-bond acceptors (Lipinski definition) is 6. The Bertz CT molecular complexity index is 1350. The number of hydrazone groups is 1. The Labute approximate surface area is 212 Å². The molecule has 4 aromatic rings. The van der Waals surface area contributed by atoms with Crippen molar-refractivity contribution in [3.05, 3.63) is 93.8 Å². The highest BCUT2D eigenvalue weighted by Gasteiger charge is 2.18. The van der Waals surface area contributed by atoms with E-state index < -0.39 is 5.97 Å². The summed E-state index contributed by atoms with van der Waals surface area (Å²) in [7, 11) is 0. The van der Waals surface area contributed by atoms with Crippen molar-refractivity contribution >= 4 is 51.1 Å². The second kappa shape index (κ2) is 11.6. The third-order valence-electron chi connectivity index (χ3n) is 5.05. The lowest BCUT2D eigenvalue weighted by atomic mass is 10.1. The molecule has 35 heavy (non-hydrogen) atoms. The van der Waals surface area contributed by atoms with Gasteiger partial charge >= 0.3 is 5.97 Å². The van der Waals surface area contributed by atoms with Crippen LogP contribution in [0.15, 0.2) is 77.9 Å². The van der Waals surface area contributed by atoms with Crippen LogP contribution in [0.2, 0.25) is 5.02 Å². The average molecular weight is 507 g/mol. The van der Waals surface area contributed by atoms with Crippen molar-refractivity contribution in [1.29, 1.82) is 0 Å². The van der Waals surface area contributed by atoms with Crippen molar-refractivity contribution in [3.8, 4) is 11.5 Å². The molecule has 8 heteroatoms. The monoisotopic (exact) mass is 506 g/mol. The van der Waals surface area contributed by atoms with Crippen LogP contribution < -0.4 is 14.9 Å². The first-order valence-corrected chi connectivity index (χ1v) is 12.3. The molecule has 1 amide bonds. The van der Waals surface area contributed by atoms with Crippen LogP contribution in [0.5, 0.6) is 11.5 Å². The number of carbonyl (C=O) groups is 2. The number of nitrogens with zero attached hydrogens (tertiary/aromatic N) is 1. The normalized spacial score (nSPS) is 11.0. The molecule has 4 rings (SSSR count). The van der Waals surface area contributed by atoms with Crippen LogP contribution in [0.25, 0.3) is 10.1 Å². The second-order valence-electron chi connectivity index (χ2n) is 7.68. The predicted octanol–water partition coefficient (Wildman–Crippen LogP) is 6.26. The maximum Gasteiger partial charge on any atom is 0.355 e. The van der Waals surface area contributed by atoms with Gasteiger partial charge in [-0.3, -0.25) is 4.79 Å². The van der Waals surface area contributed by atoms with Crippen LogP contribution in [-0.2, 0) is 11.2 Å². The molecule has 0 aliphatic carbocycles. The Hall–Kier alpha value is -3.68. The molecule has 0 bridgehead atoms. The molecular weight excluding hydrogens is 484 g/mol. The first kappa shape index (κ1) is 24.4. The van der Waals surface area contributed by atoms with Crippen LogP contribution in [0.3, 0.4) is 0 Å². The summed E-state index contributed by atoms with van der Waals surface area (Å²) in [6.45, 7) is 1.99. The number of amides is 1. The van der Waals surface area contributed by atoms with Gasteiger partial charge in [0.05, 0.1) is 11.2 Å². The minimum Gasteiger partial charge on any atom is -0.484 e. The number of nitrogens with one attached hydrogen (secondary N) is 1. The van der Waals surface area contributed by atoms with Crippen molar-refractivity contribution < 1.29 is 19.1 Å². The third-order valence-corrected chi connectivity index (χ3v) is 6.70. The molecule has 0 atom stereocenters. The second-order valence-corrected chi connectivity index (χ2v) is 9.11. The minimum absolute atomic E-state index is 0.139. The van der Waals surface area contributed by atoms with Gasteiger partial charge in [0, 0.05) is 10.1 Å². The lowest BCUT2D eigenvalue weighted by Gasteiger charge is -2.06. The summed E-state index contributed by atoms with van der Waals surface area (Å²) in [6.07, 6.45) is 3.58. The zero-order chi connectivity index (χ0) is 24.6. The van der Waals surface area contributed by atoms with E-state index >= 15 is 0 Å². The van der Waals surface area contributed by atoms with Crippen LogP contribution in [0, 0.1) is 0 Å². The fourth-order valence-corrected chi connectivity index (χ4v) is 4.71. The first-order chi connectivity index (χ1) is 17.0. The van der Waals surface area contributed by atoms with Crippen molar-refractivity contribution in [2.45, 2.75) is 19.8 Å². The van der Waals surface area contributed by atoms with Gasteiger partial charge in [0.15, 0.2) is 6.61 Å². The molecular formula is C27H23ClN2O4S. The van der Waals surface area contributed by atoms with E-state index in [1.54, 1.807) is 24.3 Å². The number of benzene rings is 3. The van der Waals surface area contributed by atoms with Crippen molar-refractivity contribution in [2.75, 3.05) is 6.61 Å². The van der Waals surface area contributed by atoms with Gasteiger partial charge in [0.1, 0.15) is 16.4 Å². The third kappa shape index (κ3) is 6.47. The Morgan fingerprint density at radius 3 is 2.43 bits per heavy atom. The summed E-state index contributed by atoms with van der Waals surface area (Å²) in [5.41, 5.74) is 4.38. The topological polar surface area (TPSA) is 77.0 Å². The molecule has 0 saturated carbocycles. The molecule has 0 fully saturated rings. The Kier molecular flexibility index (Phi) is 8.13. The lowest BCUT2D eigenvalue weighted by molar-refractivity contribution is -0.123. The maximum atomic E-state index is 12.6. The fourth-order valence-electron chi connectivity index (χ4n) is 3.32. The standard InChI is InChI=1S/C27H23ClN2O4S/c1-2-5-18-8-12-20(13-9-18)33-17-24(31)30-29-16-19-10-14-21(15-11-19)34-27(32)26-25(28)22-6-3-4-7-23(22)35-26/h3-4,6-16H,2,5,17H2,1H3,(H,30,31)/b29-16+. The number of fused-ring (bicyclic) bond motifs is 1. The highest BCUT2D eigenvalue weighted by molar-refractivity contribution is 7.21. The summed E-state index contributed by atoms with van der Waals surface area (Å²) < 4.78 is 11.9. The summed E-state index contributed by atoms with van der Waals surface area (Å²) in [4.78, 5) is 24.9. The number of aryl methyl sites for hydroxylation is 1. The Morgan fingerprint density at radius 2 is 1.71 bits per heavy atom. The number of hydrogen-bond donors (Lipinski definition) is 1. The molecule has 0 spiro atoms. The molecule has 0 aliphatic heterocycles. The summed E-state index contributed by atoms with van der Waals surface area (Å²) in [5, 5.41) is 5.16. The summed E-state index contributed by atoms with van der Waals surface area (Å²) in [6, 6.07) is 22.0. The number of halogens is 1. The van der Waals surface area contributed by atoms with E-state index in [-0.39, 0.29) is 12.5 Å². The van der Waals surface area contributed by atoms with Crippen LogP contribution >= 0.6 is 22.9 Å². The molecule has 0 aliphatic rings. The highest BCUT2D eigenvalue weighted by atomic mass is 35.5. The van der Waals surface area contributed by atoms with Gasteiger partial charge in [-0.05, 0) is 60.0 Å². The molecule has 1 N–H and O–H groups in total. The molecule has 3 aromatic carbocycles. The molecule has 0 radical (unpaired) electrons. The van der Waals surface area contributed by atoms with E-state index in [0.29, 0.717) is 21.4 Å². The maximum absolute atomic E-state index is 12.6. The van der Waals surface area contributed by atoms with E-state index in [1.165, 1.54) is 23.1 Å². The predicted molar refractivity (Wildman–Crippen MR) is 140 cm³/mol. The smallest absolute Gasteiger partial charge is 0.355 e. The quantitative estimate of drug-likeness (QED) is 0.126. The van der Waals surface area contributed by atoms with Crippen LogP contribution in [0.1, 0.15) is 34.1 Å². The molecule has 6 nitrogen and oxygen atoms in total. The van der Waals surface area contributed by atoms with Crippen molar-refractivity contribution in [1.82, 2.24) is 5.43 Å². The SMILES string of the molecule is CCCc1ccc(OCC(=O)N/N=C/c2ccc(OC(=O)c3sc4ccccc4c3Cl)cc2)cc1. The van der Waals surface area contributed by atoms with Gasteiger partial charge < -0.3 is 9.47 Å². The van der Waals surface area contributed by atoms with E-state index in [1.807, 2.05) is 48.5 Å². The largest absolute Gasteiger partial charge is 0.484 e. The average Bonchev–Trinajstić information content (AvgIpc) is 3.21. The fraction of sp³-hybridized carbons (Fsp3) is 0.148. The van der Waals surface area contributed by atoms with Gasteiger partial charge in [-0.15, -0.1) is 11.3 Å². The summed E-state index contributed by atoms with van der Waals surface area (Å²) >= 11 is 7.64. The van der Waals surface area contributed by atoms with Gasteiger partial charge in [0.2, 0.25) is 0 Å². The molecule has 1 heterocycles. The Balaban J connectivity index is 1.26. The zero-order valence-electron chi connectivity index (χ0n) is 19.0. The number of thiophene rings is 1. The number of rotatable bonds is 9. The molecule has 178 valence electrons. The van der Waals surface area contributed by atoms with Crippen molar-refractivity contribution in [2.24, 2.45) is 5.10 Å². The highest BCUT2D eigenvalue weighted by Crippen LogP contribution is 2.35. The van der Waals surface area contributed by atoms with Crippen LogP contribution in [0.4, 0.5) is 0 Å². The Morgan fingerprint density at radius 1 is 1.00 bits per heavy atom. The van der Waals surface area contributed by atoms with Gasteiger partial charge in [0.25, 0.3) is 5.91 Å². The lowest BCUT2D eigenvalue weighted by Crippen LogP contribution is -2.24. The summed E-state index contributed by atoms with van der Waals surface area (Å²) in [5.74, 6) is 0.128.